The average molecular weight is 389 g/mol. The molecule has 5 heteroatoms. The van der Waals surface area contributed by atoms with Crippen LogP contribution in [0.3, 0.4) is 0 Å². The second-order valence-electron chi connectivity index (χ2n) is 5.00. The predicted octanol–water partition coefficient (Wildman–Crippen LogP) is 3.78. The Morgan fingerprint density at radius 1 is 1.45 bits per heavy atom. The van der Waals surface area contributed by atoms with Crippen molar-refractivity contribution in [3.63, 3.8) is 0 Å². The van der Waals surface area contributed by atoms with Gasteiger partial charge < -0.3 is 14.8 Å². The molecule has 0 radical (unpaired) electrons. The lowest BCUT2D eigenvalue weighted by atomic mass is 10.0. The highest BCUT2D eigenvalue weighted by Gasteiger charge is 2.38. The number of hydrogen-bond acceptors (Lipinski definition) is 3. The second kappa shape index (κ2) is 6.76. The van der Waals surface area contributed by atoms with Crippen LogP contribution in [0, 0.1) is 3.57 Å². The number of carbonyl (C=O) groups excluding carboxylic acids is 1. The van der Waals surface area contributed by atoms with Crippen molar-refractivity contribution in [1.82, 2.24) is 5.32 Å². The number of carbonyl (C=O) groups is 1. The summed E-state index contributed by atoms with van der Waals surface area (Å²) in [4.78, 5) is 12.0. The smallest absolute Gasteiger partial charge is 0.410 e. The van der Waals surface area contributed by atoms with Crippen LogP contribution in [0.25, 0.3) is 0 Å². The summed E-state index contributed by atoms with van der Waals surface area (Å²) in [5.41, 5.74) is 0.899. The van der Waals surface area contributed by atoms with Gasteiger partial charge in [-0.1, -0.05) is 25.1 Å². The Bertz CT molecular complexity index is 476. The third kappa shape index (κ3) is 3.63. The van der Waals surface area contributed by atoms with Crippen LogP contribution in [0.4, 0.5) is 4.79 Å². The van der Waals surface area contributed by atoms with E-state index in [0.29, 0.717) is 6.42 Å². The summed E-state index contributed by atoms with van der Waals surface area (Å²) in [6.07, 6.45) is 3.15. The number of methoxy groups -OCH3 is 1. The molecule has 0 saturated heterocycles. The number of amides is 1. The van der Waals surface area contributed by atoms with E-state index >= 15 is 0 Å². The number of ether oxygens (including phenoxy) is 2. The normalized spacial score (nSPS) is 17.4. The first-order valence-electron chi connectivity index (χ1n) is 6.91. The maximum absolute atomic E-state index is 12.0. The van der Waals surface area contributed by atoms with Gasteiger partial charge in [0.05, 0.1) is 0 Å². The molecule has 0 heterocycles. The van der Waals surface area contributed by atoms with Crippen LogP contribution >= 0.6 is 22.6 Å². The van der Waals surface area contributed by atoms with E-state index in [4.69, 9.17) is 9.47 Å². The molecule has 1 aromatic rings. The number of rotatable bonds is 6. The summed E-state index contributed by atoms with van der Waals surface area (Å²) in [5, 5.41) is 2.85. The molecular formula is C15H20INO3. The second-order valence-corrected chi connectivity index (χ2v) is 6.16. The van der Waals surface area contributed by atoms with E-state index in [9.17, 15) is 4.79 Å². The first kappa shape index (κ1) is 15.6. The minimum Gasteiger partial charge on any atom is -0.412 e. The van der Waals surface area contributed by atoms with Crippen molar-refractivity contribution < 1.29 is 14.3 Å². The Morgan fingerprint density at radius 2 is 2.15 bits per heavy atom. The van der Waals surface area contributed by atoms with Crippen LogP contribution < -0.4 is 5.32 Å². The standard InChI is InChI=1S/C15H20INO3/c1-3-10-15(19-2,12-6-4-5-7-13(12)16)20-14(18)17-11-8-9-11/h4-7,11H,3,8-10H2,1-2H3,(H,17,18)/t15-/m0/s1. The van der Waals surface area contributed by atoms with Crippen LogP contribution in [0.1, 0.15) is 38.2 Å². The highest BCUT2D eigenvalue weighted by atomic mass is 127. The third-order valence-corrected chi connectivity index (χ3v) is 4.29. The van der Waals surface area contributed by atoms with Crippen molar-refractivity contribution in [2.45, 2.75) is 44.4 Å². The lowest BCUT2D eigenvalue weighted by Gasteiger charge is -2.32. The van der Waals surface area contributed by atoms with Crippen LogP contribution in [-0.4, -0.2) is 19.2 Å². The number of benzene rings is 1. The third-order valence-electron chi connectivity index (χ3n) is 3.35. The molecule has 0 aromatic heterocycles. The Labute approximate surface area is 133 Å². The molecule has 0 bridgehead atoms. The van der Waals surface area contributed by atoms with Gasteiger partial charge in [-0.3, -0.25) is 0 Å². The highest BCUT2D eigenvalue weighted by Crippen LogP contribution is 2.35. The van der Waals surface area contributed by atoms with E-state index in [0.717, 1.165) is 28.4 Å². The molecule has 1 saturated carbocycles. The molecule has 1 N–H and O–H groups in total. The van der Waals surface area contributed by atoms with Gasteiger partial charge in [0.25, 0.3) is 0 Å². The summed E-state index contributed by atoms with van der Waals surface area (Å²) >= 11 is 2.24. The zero-order valence-electron chi connectivity index (χ0n) is 11.8. The van der Waals surface area contributed by atoms with Gasteiger partial charge in [0.2, 0.25) is 5.79 Å². The minimum atomic E-state index is -1.01. The molecule has 1 fully saturated rings. The van der Waals surface area contributed by atoms with E-state index < -0.39 is 11.9 Å². The number of hydrogen-bond donors (Lipinski definition) is 1. The molecule has 0 unspecified atom stereocenters. The summed E-state index contributed by atoms with van der Waals surface area (Å²) < 4.78 is 12.3. The fourth-order valence-electron chi connectivity index (χ4n) is 2.17. The van der Waals surface area contributed by atoms with Crippen molar-refractivity contribution in [1.29, 1.82) is 0 Å². The first-order chi connectivity index (χ1) is 9.61. The van der Waals surface area contributed by atoms with Gasteiger partial charge in [-0.2, -0.15) is 0 Å². The number of halogens is 1. The molecule has 0 aliphatic heterocycles. The molecule has 20 heavy (non-hydrogen) atoms. The van der Waals surface area contributed by atoms with Gasteiger partial charge in [0, 0.05) is 28.7 Å². The van der Waals surface area contributed by atoms with Crippen molar-refractivity contribution in [3.8, 4) is 0 Å². The SMILES string of the molecule is CCC[C@](OC)(OC(=O)NC1CC1)c1ccccc1I. The molecule has 2 rings (SSSR count). The van der Waals surface area contributed by atoms with Gasteiger partial charge in [-0.25, -0.2) is 4.79 Å². The molecule has 0 spiro atoms. The Balaban J connectivity index is 2.23. The van der Waals surface area contributed by atoms with Crippen LogP contribution in [0.2, 0.25) is 0 Å². The largest absolute Gasteiger partial charge is 0.412 e. The van der Waals surface area contributed by atoms with Gasteiger partial charge in [-0.15, -0.1) is 0 Å². The van der Waals surface area contributed by atoms with Crippen molar-refractivity contribution in [2.24, 2.45) is 0 Å². The molecule has 4 nitrogen and oxygen atoms in total. The fraction of sp³-hybridized carbons (Fsp3) is 0.533. The zero-order chi connectivity index (χ0) is 14.6. The summed E-state index contributed by atoms with van der Waals surface area (Å²) in [6.45, 7) is 2.05. The summed E-state index contributed by atoms with van der Waals surface area (Å²) in [5.74, 6) is -1.01. The zero-order valence-corrected chi connectivity index (χ0v) is 14.0. The van der Waals surface area contributed by atoms with E-state index in [2.05, 4.69) is 27.9 Å². The molecule has 1 atom stereocenters. The Hall–Kier alpha value is -0.820. The lowest BCUT2D eigenvalue weighted by Crippen LogP contribution is -2.40. The number of alkyl carbamates (subject to hydrolysis) is 1. The number of nitrogens with one attached hydrogen (secondary N) is 1. The topological polar surface area (TPSA) is 47.6 Å². The molecule has 1 aromatic carbocycles. The monoisotopic (exact) mass is 389 g/mol. The van der Waals surface area contributed by atoms with Crippen molar-refractivity contribution >= 4 is 28.7 Å². The first-order valence-corrected chi connectivity index (χ1v) is 7.99. The van der Waals surface area contributed by atoms with E-state index in [1.807, 2.05) is 31.2 Å². The van der Waals surface area contributed by atoms with E-state index in [1.54, 1.807) is 7.11 Å². The molecule has 1 aliphatic carbocycles. The maximum Gasteiger partial charge on any atom is 0.410 e. The molecule has 1 aliphatic rings. The molecular weight excluding hydrogens is 369 g/mol. The Morgan fingerprint density at radius 3 is 2.70 bits per heavy atom. The van der Waals surface area contributed by atoms with E-state index in [1.165, 1.54) is 0 Å². The van der Waals surface area contributed by atoms with Gasteiger partial charge in [0.15, 0.2) is 0 Å². The van der Waals surface area contributed by atoms with Gasteiger partial charge in [0.1, 0.15) is 0 Å². The quantitative estimate of drug-likeness (QED) is 0.595. The lowest BCUT2D eigenvalue weighted by molar-refractivity contribution is -0.199. The van der Waals surface area contributed by atoms with Gasteiger partial charge in [-0.05, 0) is 47.9 Å². The average Bonchev–Trinajstić information content (AvgIpc) is 3.22. The van der Waals surface area contributed by atoms with E-state index in [-0.39, 0.29) is 6.04 Å². The van der Waals surface area contributed by atoms with Crippen LogP contribution in [0.15, 0.2) is 24.3 Å². The highest BCUT2D eigenvalue weighted by molar-refractivity contribution is 14.1. The molecule has 110 valence electrons. The molecule has 1 amide bonds. The summed E-state index contributed by atoms with van der Waals surface area (Å²) in [6, 6.07) is 8.10. The Kier molecular flexibility index (Phi) is 5.26. The maximum atomic E-state index is 12.0. The summed E-state index contributed by atoms with van der Waals surface area (Å²) in [7, 11) is 1.59. The minimum absolute atomic E-state index is 0.272. The van der Waals surface area contributed by atoms with Crippen LogP contribution in [0.5, 0.6) is 0 Å². The fourth-order valence-corrected chi connectivity index (χ4v) is 2.97. The van der Waals surface area contributed by atoms with Gasteiger partial charge >= 0.3 is 6.09 Å². The van der Waals surface area contributed by atoms with Crippen LogP contribution in [-0.2, 0) is 15.3 Å². The predicted molar refractivity (Wildman–Crippen MR) is 85.4 cm³/mol. The van der Waals surface area contributed by atoms with Crippen molar-refractivity contribution in [2.75, 3.05) is 7.11 Å². The van der Waals surface area contributed by atoms with Crippen molar-refractivity contribution in [3.05, 3.63) is 33.4 Å².